The summed E-state index contributed by atoms with van der Waals surface area (Å²) >= 11 is 6.13. The van der Waals surface area contributed by atoms with Crippen molar-refractivity contribution in [3.63, 3.8) is 0 Å². The van der Waals surface area contributed by atoms with Gasteiger partial charge in [0.25, 0.3) is 0 Å². The average molecular weight is 561 g/mol. The Hall–Kier alpha value is -4.61. The number of carbonyl (C=O) groups is 1. The fourth-order valence-electron chi connectivity index (χ4n) is 5.01. The van der Waals surface area contributed by atoms with Gasteiger partial charge in [0, 0.05) is 34.3 Å². The van der Waals surface area contributed by atoms with Crippen molar-refractivity contribution in [3.8, 4) is 28.4 Å². The Morgan fingerprint density at radius 3 is 2.41 bits per heavy atom. The lowest BCUT2D eigenvalue weighted by molar-refractivity contribution is 0.103. The van der Waals surface area contributed by atoms with Crippen LogP contribution in [0.3, 0.4) is 0 Å². The SMILES string of the molecule is CC1(C)Cc2c(OCc3ccccc3)ccc(C(=O)/C=C/c3cn(-c4ccccc4)nc3-c3ccc(Cl)cc3)c2O1. The molecule has 1 aliphatic heterocycles. The fourth-order valence-corrected chi connectivity index (χ4v) is 5.13. The molecule has 6 heteroatoms. The molecule has 0 radical (unpaired) electrons. The molecule has 0 atom stereocenters. The molecule has 0 amide bonds. The third kappa shape index (κ3) is 5.81. The van der Waals surface area contributed by atoms with Crippen molar-refractivity contribution in [1.29, 1.82) is 0 Å². The zero-order valence-electron chi connectivity index (χ0n) is 22.9. The third-order valence-electron chi connectivity index (χ3n) is 7.00. The predicted octanol–water partition coefficient (Wildman–Crippen LogP) is 8.38. The second-order valence-electron chi connectivity index (χ2n) is 10.6. The van der Waals surface area contributed by atoms with Crippen molar-refractivity contribution >= 4 is 23.5 Å². The first-order valence-corrected chi connectivity index (χ1v) is 13.9. The molecule has 0 N–H and O–H groups in total. The molecule has 0 bridgehead atoms. The van der Waals surface area contributed by atoms with Crippen LogP contribution in [0, 0.1) is 0 Å². The topological polar surface area (TPSA) is 53.4 Å². The highest BCUT2D eigenvalue weighted by molar-refractivity contribution is 6.30. The molecule has 0 aliphatic carbocycles. The van der Waals surface area contributed by atoms with E-state index in [0.717, 1.165) is 39.4 Å². The first-order valence-electron chi connectivity index (χ1n) is 13.5. The lowest BCUT2D eigenvalue weighted by Gasteiger charge is -2.17. The second kappa shape index (κ2) is 11.1. The number of hydrogen-bond acceptors (Lipinski definition) is 4. The molecule has 0 unspecified atom stereocenters. The second-order valence-corrected chi connectivity index (χ2v) is 11.1. The molecule has 0 spiro atoms. The number of aromatic nitrogens is 2. The Kier molecular flexibility index (Phi) is 7.21. The number of para-hydroxylation sites is 1. The van der Waals surface area contributed by atoms with Gasteiger partial charge < -0.3 is 9.47 Å². The van der Waals surface area contributed by atoms with E-state index in [0.29, 0.717) is 29.4 Å². The largest absolute Gasteiger partial charge is 0.488 e. The van der Waals surface area contributed by atoms with Gasteiger partial charge in [0.15, 0.2) is 5.78 Å². The minimum absolute atomic E-state index is 0.150. The van der Waals surface area contributed by atoms with Gasteiger partial charge in [-0.15, -0.1) is 0 Å². The number of ketones is 1. The van der Waals surface area contributed by atoms with Crippen molar-refractivity contribution in [1.82, 2.24) is 9.78 Å². The summed E-state index contributed by atoms with van der Waals surface area (Å²) in [5.74, 6) is 1.18. The van der Waals surface area contributed by atoms with Crippen LogP contribution in [0.25, 0.3) is 23.0 Å². The summed E-state index contributed by atoms with van der Waals surface area (Å²) in [7, 11) is 0. The van der Waals surface area contributed by atoms with Gasteiger partial charge in [-0.05, 0) is 68.0 Å². The molecule has 5 nitrogen and oxygen atoms in total. The van der Waals surface area contributed by atoms with E-state index < -0.39 is 5.60 Å². The minimum atomic E-state index is -0.439. The van der Waals surface area contributed by atoms with Crippen molar-refractivity contribution in [3.05, 3.63) is 137 Å². The highest BCUT2D eigenvalue weighted by atomic mass is 35.5. The van der Waals surface area contributed by atoms with Crippen LogP contribution in [0.1, 0.15) is 40.9 Å². The smallest absolute Gasteiger partial charge is 0.189 e. The van der Waals surface area contributed by atoms with Crippen molar-refractivity contribution in [2.24, 2.45) is 0 Å². The molecule has 204 valence electrons. The zero-order chi connectivity index (χ0) is 28.4. The van der Waals surface area contributed by atoms with Crippen LogP contribution in [0.4, 0.5) is 0 Å². The number of allylic oxidation sites excluding steroid dienone is 1. The van der Waals surface area contributed by atoms with Gasteiger partial charge in [-0.1, -0.05) is 72.3 Å². The molecule has 0 fully saturated rings. The van der Waals surface area contributed by atoms with Gasteiger partial charge in [-0.25, -0.2) is 4.68 Å². The molecule has 4 aromatic carbocycles. The summed E-state index contributed by atoms with van der Waals surface area (Å²) < 4.78 is 14.3. The number of benzene rings is 4. The molecule has 1 aliphatic rings. The van der Waals surface area contributed by atoms with E-state index in [-0.39, 0.29) is 5.78 Å². The molecular formula is C35H29ClN2O3. The van der Waals surface area contributed by atoms with E-state index in [4.69, 9.17) is 26.2 Å². The summed E-state index contributed by atoms with van der Waals surface area (Å²) in [6.45, 7) is 4.49. The first kappa shape index (κ1) is 26.6. The van der Waals surface area contributed by atoms with E-state index in [2.05, 4.69) is 0 Å². The maximum atomic E-state index is 13.6. The number of rotatable bonds is 8. The van der Waals surface area contributed by atoms with Gasteiger partial charge in [-0.3, -0.25) is 4.79 Å². The summed E-state index contributed by atoms with van der Waals surface area (Å²) in [4.78, 5) is 13.6. The van der Waals surface area contributed by atoms with E-state index >= 15 is 0 Å². The first-order chi connectivity index (χ1) is 19.9. The summed E-state index contributed by atoms with van der Waals surface area (Å²) in [6, 6.07) is 31.1. The van der Waals surface area contributed by atoms with Crippen LogP contribution in [0.2, 0.25) is 5.02 Å². The number of hydrogen-bond donors (Lipinski definition) is 0. The number of carbonyl (C=O) groups excluding carboxylic acids is 1. The molecular weight excluding hydrogens is 532 g/mol. The van der Waals surface area contributed by atoms with E-state index in [9.17, 15) is 4.79 Å². The van der Waals surface area contributed by atoms with Crippen LogP contribution in [-0.4, -0.2) is 21.2 Å². The molecule has 0 saturated heterocycles. The normalized spacial score (nSPS) is 13.6. The van der Waals surface area contributed by atoms with E-state index in [1.165, 1.54) is 0 Å². The molecule has 0 saturated carbocycles. The van der Waals surface area contributed by atoms with Crippen LogP contribution in [0.5, 0.6) is 11.5 Å². The monoisotopic (exact) mass is 560 g/mol. The van der Waals surface area contributed by atoms with Crippen LogP contribution < -0.4 is 9.47 Å². The minimum Gasteiger partial charge on any atom is -0.488 e. The van der Waals surface area contributed by atoms with E-state index in [1.54, 1.807) is 12.1 Å². The van der Waals surface area contributed by atoms with Crippen LogP contribution in [0.15, 0.2) is 109 Å². The van der Waals surface area contributed by atoms with Crippen LogP contribution >= 0.6 is 11.6 Å². The Morgan fingerprint density at radius 2 is 1.68 bits per heavy atom. The van der Waals surface area contributed by atoms with Crippen molar-refractivity contribution in [2.75, 3.05) is 0 Å². The standard InChI is InChI=1S/C35H29ClN2O3/c1-35(2)21-30-32(40-23-24-9-5-3-6-10-24)20-18-29(34(30)41-35)31(39)19-15-26-22-38(28-11-7-4-8-12-28)37-33(26)25-13-16-27(36)17-14-25/h3-20,22H,21,23H2,1-2H3/b19-15+. The Balaban J connectivity index is 1.32. The molecule has 2 heterocycles. The predicted molar refractivity (Wildman–Crippen MR) is 163 cm³/mol. The quantitative estimate of drug-likeness (QED) is 0.141. The Labute approximate surface area is 244 Å². The summed E-state index contributed by atoms with van der Waals surface area (Å²) in [6.07, 6.45) is 5.97. The van der Waals surface area contributed by atoms with Crippen molar-refractivity contribution < 1.29 is 14.3 Å². The lowest BCUT2D eigenvalue weighted by atomic mass is 9.98. The Bertz CT molecular complexity index is 1720. The fraction of sp³-hybridized carbons (Fsp3) is 0.143. The molecule has 41 heavy (non-hydrogen) atoms. The molecule has 1 aromatic heterocycles. The average Bonchev–Trinajstić information content (AvgIpc) is 3.56. The van der Waals surface area contributed by atoms with Gasteiger partial charge in [-0.2, -0.15) is 5.10 Å². The number of nitrogens with zero attached hydrogens (tertiary/aromatic N) is 2. The number of fused-ring (bicyclic) bond motifs is 1. The Morgan fingerprint density at radius 1 is 0.976 bits per heavy atom. The summed E-state index contributed by atoms with van der Waals surface area (Å²) in [5.41, 5.74) is 5.46. The number of ether oxygens (including phenoxy) is 2. The van der Waals surface area contributed by atoms with Crippen LogP contribution in [-0.2, 0) is 13.0 Å². The van der Waals surface area contributed by atoms with Gasteiger partial charge in [0.05, 0.1) is 16.9 Å². The van der Waals surface area contributed by atoms with Gasteiger partial charge in [0.1, 0.15) is 23.7 Å². The highest BCUT2D eigenvalue weighted by Crippen LogP contribution is 2.43. The lowest BCUT2D eigenvalue weighted by Crippen LogP contribution is -2.25. The maximum absolute atomic E-state index is 13.6. The van der Waals surface area contributed by atoms with Crippen molar-refractivity contribution in [2.45, 2.75) is 32.5 Å². The number of halogens is 1. The highest BCUT2D eigenvalue weighted by Gasteiger charge is 2.35. The zero-order valence-corrected chi connectivity index (χ0v) is 23.6. The molecule has 6 rings (SSSR count). The third-order valence-corrected chi connectivity index (χ3v) is 7.25. The van der Waals surface area contributed by atoms with Gasteiger partial charge >= 0.3 is 0 Å². The summed E-state index contributed by atoms with van der Waals surface area (Å²) in [5, 5.41) is 5.48. The van der Waals surface area contributed by atoms with E-state index in [1.807, 2.05) is 122 Å². The van der Waals surface area contributed by atoms with Gasteiger partial charge in [0.2, 0.25) is 0 Å². The maximum Gasteiger partial charge on any atom is 0.189 e. The molecule has 5 aromatic rings.